The molecule has 5 nitrogen and oxygen atoms in total. The molecule has 0 saturated heterocycles. The van der Waals surface area contributed by atoms with E-state index in [0.717, 1.165) is 5.56 Å². The number of hydrogen-bond acceptors (Lipinski definition) is 3. The molecular weight excluding hydrogens is 274 g/mol. The van der Waals surface area contributed by atoms with Crippen LogP contribution >= 0.6 is 11.6 Å². The van der Waals surface area contributed by atoms with Crippen molar-refractivity contribution in [3.63, 3.8) is 0 Å². The lowest BCUT2D eigenvalue weighted by molar-refractivity contribution is 0.596. The molecule has 18 heavy (non-hydrogen) atoms. The van der Waals surface area contributed by atoms with Gasteiger partial charge in [-0.05, 0) is 24.6 Å². The van der Waals surface area contributed by atoms with Crippen LogP contribution in [0.25, 0.3) is 0 Å². The third-order valence-corrected chi connectivity index (χ3v) is 3.88. The van der Waals surface area contributed by atoms with Crippen LogP contribution in [0.4, 0.5) is 0 Å². The maximum absolute atomic E-state index is 11.3. The van der Waals surface area contributed by atoms with E-state index in [-0.39, 0.29) is 4.90 Å². The maximum atomic E-state index is 11.3. The molecule has 2 aromatic rings. The summed E-state index contributed by atoms with van der Waals surface area (Å²) in [5.41, 5.74) is 1.50. The third-order valence-electron chi connectivity index (χ3n) is 2.61. The lowest BCUT2D eigenvalue weighted by Crippen LogP contribution is -2.13. The second kappa shape index (κ2) is 4.72. The molecule has 0 aliphatic rings. The molecule has 1 aromatic heterocycles. The van der Waals surface area contributed by atoms with Crippen molar-refractivity contribution in [3.8, 4) is 0 Å². The average molecular weight is 286 g/mol. The standard InChI is InChI=1S/C11H12ClN3O2S/c1-8-11(18(13,16)17)6-14-15(8)7-9-2-4-10(12)5-3-9/h2-6H,7H2,1H3,(H2,13,16,17). The van der Waals surface area contributed by atoms with E-state index in [2.05, 4.69) is 5.10 Å². The van der Waals surface area contributed by atoms with Gasteiger partial charge in [0.1, 0.15) is 4.90 Å². The van der Waals surface area contributed by atoms with Gasteiger partial charge in [0.15, 0.2) is 0 Å². The monoisotopic (exact) mass is 285 g/mol. The molecule has 0 unspecified atom stereocenters. The van der Waals surface area contributed by atoms with Gasteiger partial charge >= 0.3 is 0 Å². The molecule has 0 aliphatic heterocycles. The molecule has 1 aromatic carbocycles. The Labute approximate surface area is 110 Å². The maximum Gasteiger partial charge on any atom is 0.241 e. The quantitative estimate of drug-likeness (QED) is 0.929. The number of halogens is 1. The fraction of sp³-hybridized carbons (Fsp3) is 0.182. The predicted molar refractivity (Wildman–Crippen MR) is 68.9 cm³/mol. The van der Waals surface area contributed by atoms with Gasteiger partial charge in [0.05, 0.1) is 18.4 Å². The Morgan fingerprint density at radius 3 is 2.44 bits per heavy atom. The Balaban J connectivity index is 2.31. The topological polar surface area (TPSA) is 78.0 Å². The summed E-state index contributed by atoms with van der Waals surface area (Å²) in [5.74, 6) is 0. The number of benzene rings is 1. The number of rotatable bonds is 3. The van der Waals surface area contributed by atoms with Crippen LogP contribution in [-0.2, 0) is 16.6 Å². The molecule has 1 heterocycles. The van der Waals surface area contributed by atoms with Crippen molar-refractivity contribution in [2.45, 2.75) is 18.4 Å². The van der Waals surface area contributed by atoms with Crippen molar-refractivity contribution < 1.29 is 8.42 Å². The van der Waals surface area contributed by atoms with Crippen LogP contribution < -0.4 is 5.14 Å². The summed E-state index contributed by atoms with van der Waals surface area (Å²) in [6.07, 6.45) is 1.26. The zero-order valence-corrected chi connectivity index (χ0v) is 11.2. The van der Waals surface area contributed by atoms with Gasteiger partial charge in [0, 0.05) is 5.02 Å². The van der Waals surface area contributed by atoms with Crippen LogP contribution in [0.1, 0.15) is 11.3 Å². The van der Waals surface area contributed by atoms with Crippen molar-refractivity contribution >= 4 is 21.6 Å². The molecule has 0 aliphatic carbocycles. The highest BCUT2D eigenvalue weighted by atomic mass is 35.5. The van der Waals surface area contributed by atoms with Crippen LogP contribution in [-0.4, -0.2) is 18.2 Å². The summed E-state index contributed by atoms with van der Waals surface area (Å²) >= 11 is 5.79. The van der Waals surface area contributed by atoms with Crippen molar-refractivity contribution in [2.75, 3.05) is 0 Å². The highest BCUT2D eigenvalue weighted by molar-refractivity contribution is 7.89. The number of nitrogens with zero attached hydrogens (tertiary/aromatic N) is 2. The van der Waals surface area contributed by atoms with Gasteiger partial charge in [-0.15, -0.1) is 0 Å². The Morgan fingerprint density at radius 2 is 1.94 bits per heavy atom. The summed E-state index contributed by atoms with van der Waals surface area (Å²) in [6.45, 7) is 2.14. The normalized spacial score (nSPS) is 11.7. The second-order valence-electron chi connectivity index (χ2n) is 3.92. The number of primary sulfonamides is 1. The van der Waals surface area contributed by atoms with E-state index < -0.39 is 10.0 Å². The van der Waals surface area contributed by atoms with Crippen LogP contribution in [0, 0.1) is 6.92 Å². The van der Waals surface area contributed by atoms with Gasteiger partial charge in [-0.2, -0.15) is 5.10 Å². The van der Waals surface area contributed by atoms with E-state index in [1.54, 1.807) is 23.7 Å². The molecule has 0 radical (unpaired) electrons. The number of aromatic nitrogens is 2. The summed E-state index contributed by atoms with van der Waals surface area (Å²) in [5, 5.41) is 9.76. The van der Waals surface area contributed by atoms with Gasteiger partial charge in [-0.1, -0.05) is 23.7 Å². The highest BCUT2D eigenvalue weighted by Gasteiger charge is 2.16. The molecule has 0 fully saturated rings. The van der Waals surface area contributed by atoms with Crippen molar-refractivity contribution in [1.29, 1.82) is 0 Å². The van der Waals surface area contributed by atoms with Crippen LogP contribution in [0.15, 0.2) is 35.4 Å². The van der Waals surface area contributed by atoms with Crippen LogP contribution in [0.2, 0.25) is 5.02 Å². The molecule has 0 saturated carbocycles. The third kappa shape index (κ3) is 2.72. The Bertz CT molecular complexity index is 662. The largest absolute Gasteiger partial charge is 0.264 e. The SMILES string of the molecule is Cc1c(S(N)(=O)=O)cnn1Cc1ccc(Cl)cc1. The minimum atomic E-state index is -3.72. The second-order valence-corrected chi connectivity index (χ2v) is 5.89. The Morgan fingerprint density at radius 1 is 1.33 bits per heavy atom. The first kappa shape index (κ1) is 13.1. The van der Waals surface area contributed by atoms with Gasteiger partial charge in [-0.3, -0.25) is 4.68 Å². The molecule has 0 bridgehead atoms. The molecule has 96 valence electrons. The van der Waals surface area contributed by atoms with Gasteiger partial charge < -0.3 is 0 Å². The van der Waals surface area contributed by atoms with E-state index >= 15 is 0 Å². The lowest BCUT2D eigenvalue weighted by Gasteiger charge is -2.05. The van der Waals surface area contributed by atoms with Crippen LogP contribution in [0.3, 0.4) is 0 Å². The predicted octanol–water partition coefficient (Wildman–Crippen LogP) is 1.54. The summed E-state index contributed by atoms with van der Waals surface area (Å²) in [7, 11) is -3.72. The van der Waals surface area contributed by atoms with E-state index in [9.17, 15) is 8.42 Å². The smallest absolute Gasteiger partial charge is 0.241 e. The van der Waals surface area contributed by atoms with E-state index in [4.69, 9.17) is 16.7 Å². The van der Waals surface area contributed by atoms with E-state index in [1.165, 1.54) is 6.20 Å². The minimum absolute atomic E-state index is 0.0523. The van der Waals surface area contributed by atoms with Crippen molar-refractivity contribution in [1.82, 2.24) is 9.78 Å². The average Bonchev–Trinajstić information content (AvgIpc) is 2.63. The Kier molecular flexibility index (Phi) is 3.43. The van der Waals surface area contributed by atoms with Crippen molar-refractivity contribution in [3.05, 3.63) is 46.7 Å². The van der Waals surface area contributed by atoms with Gasteiger partial charge in [0.2, 0.25) is 10.0 Å². The molecule has 2 N–H and O–H groups in total. The van der Waals surface area contributed by atoms with E-state index in [0.29, 0.717) is 17.3 Å². The molecular formula is C11H12ClN3O2S. The van der Waals surface area contributed by atoms with Crippen LogP contribution in [0.5, 0.6) is 0 Å². The summed E-state index contributed by atoms with van der Waals surface area (Å²) in [6, 6.07) is 7.27. The molecule has 0 amide bonds. The first-order valence-corrected chi connectivity index (χ1v) is 7.10. The first-order valence-electron chi connectivity index (χ1n) is 5.17. The molecule has 2 rings (SSSR count). The first-order chi connectivity index (χ1) is 8.38. The molecule has 7 heteroatoms. The zero-order chi connectivity index (χ0) is 13.3. The summed E-state index contributed by atoms with van der Waals surface area (Å²) in [4.78, 5) is 0.0523. The van der Waals surface area contributed by atoms with Gasteiger partial charge in [0.25, 0.3) is 0 Å². The lowest BCUT2D eigenvalue weighted by atomic mass is 10.2. The molecule has 0 spiro atoms. The van der Waals surface area contributed by atoms with E-state index in [1.807, 2.05) is 12.1 Å². The van der Waals surface area contributed by atoms with Crippen molar-refractivity contribution in [2.24, 2.45) is 5.14 Å². The minimum Gasteiger partial charge on any atom is -0.264 e. The fourth-order valence-electron chi connectivity index (χ4n) is 1.63. The highest BCUT2D eigenvalue weighted by Crippen LogP contribution is 2.15. The number of hydrogen-bond donors (Lipinski definition) is 1. The zero-order valence-electron chi connectivity index (χ0n) is 9.67. The summed E-state index contributed by atoms with van der Waals surface area (Å²) < 4.78 is 24.1. The number of nitrogens with two attached hydrogens (primary N) is 1. The van der Waals surface area contributed by atoms with Gasteiger partial charge in [-0.25, -0.2) is 13.6 Å². The fourth-order valence-corrected chi connectivity index (χ4v) is 2.47. The number of sulfonamides is 1. The molecule has 0 atom stereocenters. The Hall–Kier alpha value is -1.37.